The molecule has 2 N–H and O–H groups in total. The molecule has 0 bridgehead atoms. The molecule has 0 aromatic carbocycles. The van der Waals surface area contributed by atoms with Gasteiger partial charge in [0.15, 0.2) is 5.82 Å². The van der Waals surface area contributed by atoms with Gasteiger partial charge in [0, 0.05) is 25.1 Å². The van der Waals surface area contributed by atoms with Gasteiger partial charge in [-0.3, -0.25) is 4.79 Å². The van der Waals surface area contributed by atoms with Crippen LogP contribution in [0.25, 0.3) is 0 Å². The van der Waals surface area contributed by atoms with Crippen molar-refractivity contribution in [2.45, 2.75) is 45.1 Å². The van der Waals surface area contributed by atoms with Crippen molar-refractivity contribution in [3.63, 3.8) is 0 Å². The van der Waals surface area contributed by atoms with Crippen LogP contribution in [0.1, 0.15) is 37.9 Å². The molecular weight excluding hydrogens is 316 g/mol. The summed E-state index contributed by atoms with van der Waals surface area (Å²) < 4.78 is 4.93. The molecule has 7 heteroatoms. The lowest BCUT2D eigenvalue weighted by atomic mass is 10.0. The minimum atomic E-state index is 0. The first-order chi connectivity index (χ1) is 10.7. The van der Waals surface area contributed by atoms with Crippen molar-refractivity contribution < 1.29 is 9.32 Å². The van der Waals surface area contributed by atoms with Gasteiger partial charge in [0.25, 0.3) is 0 Å². The van der Waals surface area contributed by atoms with E-state index in [0.29, 0.717) is 24.0 Å². The summed E-state index contributed by atoms with van der Waals surface area (Å²) in [6.45, 7) is 5.99. The number of aromatic nitrogens is 1. The van der Waals surface area contributed by atoms with E-state index in [9.17, 15) is 4.79 Å². The molecular formula is C16H27ClN4O2. The second-order valence-electron chi connectivity index (χ2n) is 6.59. The molecule has 2 aliphatic rings. The highest BCUT2D eigenvalue weighted by atomic mass is 35.5. The summed E-state index contributed by atoms with van der Waals surface area (Å²) in [5.41, 5.74) is 0. The van der Waals surface area contributed by atoms with Crippen LogP contribution in [0.5, 0.6) is 0 Å². The number of carbonyl (C=O) groups excluding carboxylic acids is 1. The van der Waals surface area contributed by atoms with Crippen LogP contribution in [0.4, 0.5) is 5.82 Å². The normalized spacial score (nSPS) is 19.3. The smallest absolute Gasteiger partial charge is 0.226 e. The molecule has 0 spiro atoms. The second kappa shape index (κ2) is 8.66. The van der Waals surface area contributed by atoms with Crippen molar-refractivity contribution in [3.05, 3.63) is 11.8 Å². The zero-order valence-electron chi connectivity index (χ0n) is 13.7. The van der Waals surface area contributed by atoms with Crippen LogP contribution >= 0.6 is 12.4 Å². The summed E-state index contributed by atoms with van der Waals surface area (Å²) >= 11 is 0. The maximum atomic E-state index is 11.9. The van der Waals surface area contributed by atoms with Crippen molar-refractivity contribution in [2.75, 3.05) is 31.5 Å². The summed E-state index contributed by atoms with van der Waals surface area (Å²) in [7, 11) is 0. The highest BCUT2D eigenvalue weighted by Crippen LogP contribution is 2.28. The number of anilines is 1. The zero-order chi connectivity index (χ0) is 15.4. The molecule has 1 saturated heterocycles. The maximum Gasteiger partial charge on any atom is 0.226 e. The Morgan fingerprint density at radius 1 is 1.35 bits per heavy atom. The SMILES string of the molecule is Cc1cc(NC(=O)CCN2CCC(NCC3CC3)CC2)no1.Cl. The Morgan fingerprint density at radius 3 is 2.70 bits per heavy atom. The van der Waals surface area contributed by atoms with Gasteiger partial charge >= 0.3 is 0 Å². The standard InChI is InChI=1S/C16H26N4O2.ClH/c1-12-10-15(19-22-12)18-16(21)6-9-20-7-4-14(5-8-20)17-11-13-2-3-13;/h10,13-14,17H,2-9,11H2,1H3,(H,18,19,21);1H. The Labute approximate surface area is 143 Å². The van der Waals surface area contributed by atoms with Crippen LogP contribution < -0.4 is 10.6 Å². The van der Waals surface area contributed by atoms with Crippen LogP contribution in [0, 0.1) is 12.8 Å². The molecule has 0 radical (unpaired) electrons. The van der Waals surface area contributed by atoms with Gasteiger partial charge in [0.05, 0.1) is 0 Å². The molecule has 1 aromatic rings. The van der Waals surface area contributed by atoms with E-state index in [1.54, 1.807) is 6.07 Å². The summed E-state index contributed by atoms with van der Waals surface area (Å²) in [4.78, 5) is 14.3. The number of halogens is 1. The second-order valence-corrected chi connectivity index (χ2v) is 6.59. The van der Waals surface area contributed by atoms with E-state index in [0.717, 1.165) is 25.6 Å². The Hall–Kier alpha value is -1.11. The molecule has 0 atom stereocenters. The fourth-order valence-corrected chi connectivity index (χ4v) is 2.91. The van der Waals surface area contributed by atoms with Crippen molar-refractivity contribution in [1.29, 1.82) is 0 Å². The van der Waals surface area contributed by atoms with Crippen LogP contribution in [-0.4, -0.2) is 48.2 Å². The highest BCUT2D eigenvalue weighted by Gasteiger charge is 2.24. The molecule has 130 valence electrons. The summed E-state index contributed by atoms with van der Waals surface area (Å²) in [5.74, 6) is 2.16. The Kier molecular flexibility index (Phi) is 6.87. The lowest BCUT2D eigenvalue weighted by Crippen LogP contribution is -2.43. The number of nitrogens with zero attached hydrogens (tertiary/aromatic N) is 2. The van der Waals surface area contributed by atoms with Gasteiger partial charge in [-0.1, -0.05) is 5.16 Å². The number of hydrogen-bond acceptors (Lipinski definition) is 5. The van der Waals surface area contributed by atoms with Crippen molar-refractivity contribution in [2.24, 2.45) is 5.92 Å². The van der Waals surface area contributed by atoms with Gasteiger partial charge in [-0.15, -0.1) is 12.4 Å². The van der Waals surface area contributed by atoms with Gasteiger partial charge in [-0.25, -0.2) is 0 Å². The molecule has 1 aliphatic heterocycles. The topological polar surface area (TPSA) is 70.4 Å². The van der Waals surface area contributed by atoms with E-state index in [-0.39, 0.29) is 18.3 Å². The number of likely N-dealkylation sites (tertiary alicyclic amines) is 1. The third-order valence-corrected chi connectivity index (χ3v) is 4.53. The van der Waals surface area contributed by atoms with E-state index in [1.165, 1.54) is 32.2 Å². The largest absolute Gasteiger partial charge is 0.360 e. The quantitative estimate of drug-likeness (QED) is 0.795. The van der Waals surface area contributed by atoms with E-state index in [1.807, 2.05) is 6.92 Å². The Balaban J connectivity index is 0.00000192. The third-order valence-electron chi connectivity index (χ3n) is 4.53. The Morgan fingerprint density at radius 2 is 2.09 bits per heavy atom. The number of rotatable bonds is 7. The third kappa shape index (κ3) is 6.12. The lowest BCUT2D eigenvalue weighted by Gasteiger charge is -2.32. The van der Waals surface area contributed by atoms with Gasteiger partial charge in [0.1, 0.15) is 5.76 Å². The Bertz CT molecular complexity index is 496. The monoisotopic (exact) mass is 342 g/mol. The first kappa shape index (κ1) is 18.2. The number of piperidine rings is 1. The zero-order valence-corrected chi connectivity index (χ0v) is 14.5. The number of carbonyl (C=O) groups is 1. The van der Waals surface area contributed by atoms with Crippen LogP contribution in [-0.2, 0) is 4.79 Å². The van der Waals surface area contributed by atoms with E-state index < -0.39 is 0 Å². The predicted octanol–water partition coefficient (Wildman–Crippen LogP) is 2.20. The van der Waals surface area contributed by atoms with Gasteiger partial charge < -0.3 is 20.1 Å². The van der Waals surface area contributed by atoms with E-state index in [2.05, 4.69) is 20.7 Å². The molecule has 2 heterocycles. The van der Waals surface area contributed by atoms with E-state index in [4.69, 9.17) is 4.52 Å². The highest BCUT2D eigenvalue weighted by molar-refractivity contribution is 5.89. The minimum Gasteiger partial charge on any atom is -0.360 e. The molecule has 6 nitrogen and oxygen atoms in total. The first-order valence-corrected chi connectivity index (χ1v) is 8.38. The van der Waals surface area contributed by atoms with Crippen LogP contribution in [0.3, 0.4) is 0 Å². The summed E-state index contributed by atoms with van der Waals surface area (Å²) in [5, 5.41) is 10.2. The molecule has 1 aromatic heterocycles. The summed E-state index contributed by atoms with van der Waals surface area (Å²) in [6, 6.07) is 2.40. The maximum absolute atomic E-state index is 11.9. The lowest BCUT2D eigenvalue weighted by molar-refractivity contribution is -0.116. The minimum absolute atomic E-state index is 0. The number of nitrogens with one attached hydrogen (secondary N) is 2. The van der Waals surface area contributed by atoms with Crippen LogP contribution in [0.2, 0.25) is 0 Å². The van der Waals surface area contributed by atoms with Crippen molar-refractivity contribution in [1.82, 2.24) is 15.4 Å². The van der Waals surface area contributed by atoms with Gasteiger partial charge in [0.2, 0.25) is 5.91 Å². The predicted molar refractivity (Wildman–Crippen MR) is 91.9 cm³/mol. The van der Waals surface area contributed by atoms with Crippen LogP contribution in [0.15, 0.2) is 10.6 Å². The van der Waals surface area contributed by atoms with Crippen molar-refractivity contribution >= 4 is 24.1 Å². The molecule has 0 unspecified atom stereocenters. The van der Waals surface area contributed by atoms with Gasteiger partial charge in [-0.05, 0) is 58.2 Å². The molecule has 1 aliphatic carbocycles. The van der Waals surface area contributed by atoms with E-state index >= 15 is 0 Å². The van der Waals surface area contributed by atoms with Gasteiger partial charge in [-0.2, -0.15) is 0 Å². The number of hydrogen-bond donors (Lipinski definition) is 2. The molecule has 23 heavy (non-hydrogen) atoms. The fraction of sp³-hybridized carbons (Fsp3) is 0.750. The molecule has 2 fully saturated rings. The first-order valence-electron chi connectivity index (χ1n) is 8.38. The van der Waals surface area contributed by atoms with Crippen molar-refractivity contribution in [3.8, 4) is 0 Å². The number of amides is 1. The number of aryl methyl sites for hydroxylation is 1. The molecule has 1 saturated carbocycles. The average molecular weight is 343 g/mol. The summed E-state index contributed by atoms with van der Waals surface area (Å²) in [6.07, 6.45) is 5.71. The molecule has 3 rings (SSSR count). The molecule has 1 amide bonds. The fourth-order valence-electron chi connectivity index (χ4n) is 2.91. The average Bonchev–Trinajstić information content (AvgIpc) is 3.26.